The number of nitrogens with zero attached hydrogens (tertiary/aromatic N) is 1. The van der Waals surface area contributed by atoms with Gasteiger partial charge in [0.2, 0.25) is 0 Å². The standard InChI is InChI=1S/C20H27NO2/c1-2-3-4-5-6-10-17-23-20(22)21-15-13-19(14-16-21)18-11-8-7-9-12-18/h7-9,11-16,19H,2-6,10,17H2,1H3. The van der Waals surface area contributed by atoms with E-state index in [4.69, 9.17) is 4.74 Å². The van der Waals surface area contributed by atoms with Crippen LogP contribution in [-0.4, -0.2) is 17.6 Å². The summed E-state index contributed by atoms with van der Waals surface area (Å²) in [5.74, 6) is 0.221. The third kappa shape index (κ3) is 5.93. The smallest absolute Gasteiger partial charge is 0.417 e. The van der Waals surface area contributed by atoms with Crippen LogP contribution in [0.4, 0.5) is 4.79 Å². The number of ether oxygens (including phenoxy) is 1. The van der Waals surface area contributed by atoms with Crippen LogP contribution in [0.3, 0.4) is 0 Å². The predicted octanol–water partition coefficient (Wildman–Crippen LogP) is 5.61. The maximum atomic E-state index is 12.0. The number of carbonyl (C=O) groups excluding carboxylic acids is 1. The van der Waals surface area contributed by atoms with E-state index in [1.54, 1.807) is 12.4 Å². The minimum atomic E-state index is -0.294. The van der Waals surface area contributed by atoms with Crippen LogP contribution in [0, 0.1) is 0 Å². The molecule has 0 fully saturated rings. The largest absolute Gasteiger partial charge is 0.449 e. The first kappa shape index (κ1) is 17.3. The summed E-state index contributed by atoms with van der Waals surface area (Å²) in [4.78, 5) is 13.5. The molecule has 1 amide bonds. The van der Waals surface area contributed by atoms with Crippen molar-refractivity contribution in [3.63, 3.8) is 0 Å². The van der Waals surface area contributed by atoms with Gasteiger partial charge in [0.15, 0.2) is 0 Å². The molecule has 0 N–H and O–H groups in total. The first-order valence-corrected chi connectivity index (χ1v) is 8.68. The normalized spacial score (nSPS) is 14.2. The SMILES string of the molecule is CCCCCCCCOC(=O)N1C=CC(c2ccccc2)C=C1. The number of hydrogen-bond acceptors (Lipinski definition) is 2. The van der Waals surface area contributed by atoms with Gasteiger partial charge in [-0.1, -0.05) is 81.5 Å². The van der Waals surface area contributed by atoms with Crippen LogP contribution < -0.4 is 0 Å². The van der Waals surface area contributed by atoms with Crippen LogP contribution >= 0.6 is 0 Å². The fraction of sp³-hybridized carbons (Fsp3) is 0.450. The monoisotopic (exact) mass is 313 g/mol. The molecule has 1 aliphatic rings. The molecule has 1 aromatic carbocycles. The third-order valence-electron chi connectivity index (χ3n) is 4.03. The summed E-state index contributed by atoms with van der Waals surface area (Å²) in [6.07, 6.45) is 14.5. The first-order chi connectivity index (χ1) is 11.3. The van der Waals surface area contributed by atoms with Crippen LogP contribution in [0.1, 0.15) is 56.9 Å². The summed E-state index contributed by atoms with van der Waals surface area (Å²) in [5, 5.41) is 0. The van der Waals surface area contributed by atoms with E-state index in [9.17, 15) is 4.79 Å². The van der Waals surface area contributed by atoms with Crippen molar-refractivity contribution in [3.8, 4) is 0 Å². The Balaban J connectivity index is 1.66. The molecule has 1 aromatic rings. The molecule has 0 atom stereocenters. The second-order valence-electron chi connectivity index (χ2n) is 5.91. The lowest BCUT2D eigenvalue weighted by Crippen LogP contribution is -2.23. The van der Waals surface area contributed by atoms with E-state index in [0.717, 1.165) is 12.8 Å². The molecule has 0 aliphatic carbocycles. The van der Waals surface area contributed by atoms with Crippen LogP contribution in [-0.2, 0) is 4.74 Å². The van der Waals surface area contributed by atoms with Crippen molar-refractivity contribution in [2.24, 2.45) is 0 Å². The number of benzene rings is 1. The van der Waals surface area contributed by atoms with E-state index in [1.165, 1.54) is 36.1 Å². The average molecular weight is 313 g/mol. The molecular weight excluding hydrogens is 286 g/mol. The quantitative estimate of drug-likeness (QED) is 0.584. The van der Waals surface area contributed by atoms with Gasteiger partial charge in [0, 0.05) is 18.3 Å². The summed E-state index contributed by atoms with van der Waals surface area (Å²) in [6, 6.07) is 10.2. The summed E-state index contributed by atoms with van der Waals surface area (Å²) in [7, 11) is 0. The second-order valence-corrected chi connectivity index (χ2v) is 5.91. The molecule has 3 heteroatoms. The molecular formula is C20H27NO2. The zero-order valence-corrected chi connectivity index (χ0v) is 14.0. The van der Waals surface area contributed by atoms with Gasteiger partial charge in [-0.25, -0.2) is 4.79 Å². The summed E-state index contributed by atoms with van der Waals surface area (Å²) in [5.41, 5.74) is 1.22. The Morgan fingerprint density at radius 2 is 1.65 bits per heavy atom. The highest BCUT2D eigenvalue weighted by Gasteiger charge is 2.15. The molecule has 0 saturated heterocycles. The number of allylic oxidation sites excluding steroid dienone is 2. The molecule has 0 saturated carbocycles. The van der Waals surface area contributed by atoms with Crippen molar-refractivity contribution in [3.05, 3.63) is 60.4 Å². The Morgan fingerprint density at radius 3 is 2.35 bits per heavy atom. The molecule has 0 spiro atoms. The third-order valence-corrected chi connectivity index (χ3v) is 4.03. The van der Waals surface area contributed by atoms with Gasteiger partial charge < -0.3 is 4.74 Å². The van der Waals surface area contributed by atoms with E-state index in [2.05, 4.69) is 19.1 Å². The minimum Gasteiger partial charge on any atom is -0.449 e. The number of unbranched alkanes of at least 4 members (excludes halogenated alkanes) is 5. The number of rotatable bonds is 8. The Kier molecular flexibility index (Phi) is 7.44. The first-order valence-electron chi connectivity index (χ1n) is 8.68. The molecule has 2 rings (SSSR count). The molecule has 0 radical (unpaired) electrons. The molecule has 1 aliphatic heterocycles. The summed E-state index contributed by atoms with van der Waals surface area (Å²) >= 11 is 0. The van der Waals surface area contributed by atoms with Crippen LogP contribution in [0.25, 0.3) is 0 Å². The summed E-state index contributed by atoms with van der Waals surface area (Å²) < 4.78 is 5.31. The molecule has 124 valence electrons. The van der Waals surface area contributed by atoms with Crippen molar-refractivity contribution >= 4 is 6.09 Å². The van der Waals surface area contributed by atoms with Crippen molar-refractivity contribution in [2.45, 2.75) is 51.4 Å². The van der Waals surface area contributed by atoms with E-state index in [-0.39, 0.29) is 12.0 Å². The minimum absolute atomic E-state index is 0.221. The van der Waals surface area contributed by atoms with Crippen molar-refractivity contribution in [2.75, 3.05) is 6.61 Å². The van der Waals surface area contributed by atoms with Crippen molar-refractivity contribution in [1.29, 1.82) is 0 Å². The van der Waals surface area contributed by atoms with Gasteiger partial charge in [-0.05, 0) is 12.0 Å². The van der Waals surface area contributed by atoms with Gasteiger partial charge in [0.25, 0.3) is 0 Å². The fourth-order valence-corrected chi connectivity index (χ4v) is 2.62. The number of hydrogen-bond donors (Lipinski definition) is 0. The van der Waals surface area contributed by atoms with Gasteiger partial charge in [0.1, 0.15) is 0 Å². The van der Waals surface area contributed by atoms with Crippen molar-refractivity contribution in [1.82, 2.24) is 4.90 Å². The molecule has 0 bridgehead atoms. The Bertz CT molecular complexity index is 508. The lowest BCUT2D eigenvalue weighted by Gasteiger charge is -2.20. The maximum Gasteiger partial charge on any atom is 0.417 e. The zero-order chi connectivity index (χ0) is 16.3. The molecule has 0 aromatic heterocycles. The van der Waals surface area contributed by atoms with Crippen LogP contribution in [0.15, 0.2) is 54.9 Å². The maximum absolute atomic E-state index is 12.0. The topological polar surface area (TPSA) is 29.5 Å². The molecule has 0 unspecified atom stereocenters. The Labute approximate surface area is 139 Å². The van der Waals surface area contributed by atoms with Crippen molar-refractivity contribution < 1.29 is 9.53 Å². The highest BCUT2D eigenvalue weighted by atomic mass is 16.6. The number of amides is 1. The van der Waals surface area contributed by atoms with E-state index >= 15 is 0 Å². The van der Waals surface area contributed by atoms with Gasteiger partial charge >= 0.3 is 6.09 Å². The summed E-state index contributed by atoms with van der Waals surface area (Å²) in [6.45, 7) is 2.72. The predicted molar refractivity (Wildman–Crippen MR) is 94.0 cm³/mol. The van der Waals surface area contributed by atoms with E-state index in [1.807, 2.05) is 30.4 Å². The highest BCUT2D eigenvalue weighted by Crippen LogP contribution is 2.22. The van der Waals surface area contributed by atoms with Gasteiger partial charge in [0.05, 0.1) is 6.61 Å². The van der Waals surface area contributed by atoms with Crippen LogP contribution in [0.5, 0.6) is 0 Å². The average Bonchev–Trinajstić information content (AvgIpc) is 2.61. The molecule has 3 nitrogen and oxygen atoms in total. The fourth-order valence-electron chi connectivity index (χ4n) is 2.62. The molecule has 23 heavy (non-hydrogen) atoms. The highest BCUT2D eigenvalue weighted by molar-refractivity contribution is 5.70. The van der Waals surface area contributed by atoms with Gasteiger partial charge in [-0.15, -0.1) is 0 Å². The molecule has 1 heterocycles. The Hall–Kier alpha value is -2.03. The Morgan fingerprint density at radius 1 is 1.00 bits per heavy atom. The van der Waals surface area contributed by atoms with E-state index in [0.29, 0.717) is 6.61 Å². The van der Waals surface area contributed by atoms with E-state index < -0.39 is 0 Å². The zero-order valence-electron chi connectivity index (χ0n) is 14.0. The lowest BCUT2D eigenvalue weighted by atomic mass is 9.98. The second kappa shape index (κ2) is 9.88. The lowest BCUT2D eigenvalue weighted by molar-refractivity contribution is 0.125. The van der Waals surface area contributed by atoms with Crippen LogP contribution in [0.2, 0.25) is 0 Å². The number of carbonyl (C=O) groups is 1. The van der Waals surface area contributed by atoms with Gasteiger partial charge in [-0.2, -0.15) is 0 Å². The van der Waals surface area contributed by atoms with Gasteiger partial charge in [-0.3, -0.25) is 4.90 Å².